The first-order valence-electron chi connectivity index (χ1n) is 7.88. The summed E-state index contributed by atoms with van der Waals surface area (Å²) in [7, 11) is -4.08. The molecular weight excluding hydrogens is 419 g/mol. The number of anilines is 1. The summed E-state index contributed by atoms with van der Waals surface area (Å²) in [6.45, 7) is 0. The average Bonchev–Trinajstić information content (AvgIpc) is 2.70. The number of benzene rings is 2. The van der Waals surface area contributed by atoms with E-state index in [0.717, 1.165) is 24.4 Å². The number of pyridine rings is 1. The van der Waals surface area contributed by atoms with Crippen molar-refractivity contribution in [3.8, 4) is 23.6 Å². The number of nitrogens with one attached hydrogen (secondary N) is 1. The highest BCUT2D eigenvalue weighted by molar-refractivity contribution is 7.92. The molecule has 0 amide bonds. The zero-order chi connectivity index (χ0) is 21.0. The predicted molar refractivity (Wildman–Crippen MR) is 102 cm³/mol. The number of rotatable bonds is 5. The molecule has 1 N–H and O–H groups in total. The van der Waals surface area contributed by atoms with Crippen LogP contribution in [0.5, 0.6) is 11.5 Å². The SMILES string of the molecule is N#Cc1cc(S(=O)(=O)Nc2ccc(F)cn2)ccc1Oc1cc(Cl)ccc1C#N. The molecule has 0 saturated carbocycles. The van der Waals surface area contributed by atoms with Crippen LogP contribution in [0.3, 0.4) is 0 Å². The second kappa shape index (κ2) is 8.15. The summed E-state index contributed by atoms with van der Waals surface area (Å²) < 4.78 is 45.7. The Bertz CT molecular complexity index is 1270. The van der Waals surface area contributed by atoms with E-state index in [0.29, 0.717) is 5.02 Å². The fourth-order valence-electron chi connectivity index (χ4n) is 2.28. The van der Waals surface area contributed by atoms with Gasteiger partial charge in [-0.2, -0.15) is 10.5 Å². The van der Waals surface area contributed by atoms with Gasteiger partial charge in [0.2, 0.25) is 0 Å². The van der Waals surface area contributed by atoms with E-state index in [-0.39, 0.29) is 33.3 Å². The summed E-state index contributed by atoms with van der Waals surface area (Å²) in [5.41, 5.74) is 0.114. The van der Waals surface area contributed by atoms with E-state index in [4.69, 9.17) is 21.6 Å². The summed E-state index contributed by atoms with van der Waals surface area (Å²) in [6.07, 6.45) is 0.868. The van der Waals surface area contributed by atoms with Crippen LogP contribution >= 0.6 is 11.6 Å². The summed E-state index contributed by atoms with van der Waals surface area (Å²) in [6, 6.07) is 14.0. The molecule has 144 valence electrons. The van der Waals surface area contributed by atoms with Crippen molar-refractivity contribution < 1.29 is 17.5 Å². The minimum atomic E-state index is -4.08. The molecule has 10 heteroatoms. The van der Waals surface area contributed by atoms with Crippen molar-refractivity contribution in [2.75, 3.05) is 4.72 Å². The standard InChI is InChI=1S/C19H10ClFN4O3S/c20-14-2-1-12(9-22)18(8-14)28-17-5-4-16(7-13(17)10-23)29(26,27)25-19-6-3-15(21)11-24-19/h1-8,11H,(H,24,25). The summed E-state index contributed by atoms with van der Waals surface area (Å²) in [5, 5.41) is 18.9. The second-order valence-electron chi connectivity index (χ2n) is 5.59. The number of ether oxygens (including phenoxy) is 1. The summed E-state index contributed by atoms with van der Waals surface area (Å²) in [4.78, 5) is 3.41. The Morgan fingerprint density at radius 3 is 2.41 bits per heavy atom. The monoisotopic (exact) mass is 428 g/mol. The van der Waals surface area contributed by atoms with E-state index < -0.39 is 15.8 Å². The fraction of sp³-hybridized carbons (Fsp3) is 0. The zero-order valence-electron chi connectivity index (χ0n) is 14.4. The Hall–Kier alpha value is -3.66. The molecule has 1 aromatic heterocycles. The minimum Gasteiger partial charge on any atom is -0.455 e. The maximum absolute atomic E-state index is 12.9. The van der Waals surface area contributed by atoms with Crippen LogP contribution in [0, 0.1) is 28.5 Å². The van der Waals surface area contributed by atoms with Gasteiger partial charge in [0.1, 0.15) is 35.3 Å². The third kappa shape index (κ3) is 4.61. The van der Waals surface area contributed by atoms with E-state index in [9.17, 15) is 18.1 Å². The van der Waals surface area contributed by atoms with Crippen molar-refractivity contribution in [1.82, 2.24) is 4.98 Å². The summed E-state index contributed by atoms with van der Waals surface area (Å²) >= 11 is 5.91. The third-order valence-electron chi connectivity index (χ3n) is 3.63. The Balaban J connectivity index is 1.93. The fourth-order valence-corrected chi connectivity index (χ4v) is 3.47. The van der Waals surface area contributed by atoms with Crippen molar-refractivity contribution in [2.45, 2.75) is 4.90 Å². The van der Waals surface area contributed by atoms with Crippen LogP contribution in [0.25, 0.3) is 0 Å². The molecule has 0 fully saturated rings. The van der Waals surface area contributed by atoms with Crippen LogP contribution in [0.2, 0.25) is 5.02 Å². The van der Waals surface area contributed by atoms with Crippen molar-refractivity contribution in [3.05, 3.63) is 76.7 Å². The van der Waals surface area contributed by atoms with Gasteiger partial charge < -0.3 is 4.74 Å². The molecule has 0 aliphatic heterocycles. The first-order valence-corrected chi connectivity index (χ1v) is 9.74. The Labute approximate surface area is 170 Å². The van der Waals surface area contributed by atoms with Gasteiger partial charge in [-0.1, -0.05) is 11.6 Å². The highest BCUT2D eigenvalue weighted by Gasteiger charge is 2.18. The lowest BCUT2D eigenvalue weighted by Gasteiger charge is -2.11. The van der Waals surface area contributed by atoms with Gasteiger partial charge in [-0.3, -0.25) is 4.72 Å². The average molecular weight is 429 g/mol. The van der Waals surface area contributed by atoms with Crippen LogP contribution in [0.4, 0.5) is 10.2 Å². The topological polar surface area (TPSA) is 116 Å². The smallest absolute Gasteiger partial charge is 0.263 e. The first kappa shape index (κ1) is 20.1. The quantitative estimate of drug-likeness (QED) is 0.650. The van der Waals surface area contributed by atoms with E-state index in [1.54, 1.807) is 0 Å². The zero-order valence-corrected chi connectivity index (χ0v) is 16.0. The van der Waals surface area contributed by atoms with E-state index >= 15 is 0 Å². The molecule has 7 nitrogen and oxygen atoms in total. The van der Waals surface area contributed by atoms with Crippen molar-refractivity contribution in [1.29, 1.82) is 10.5 Å². The van der Waals surface area contributed by atoms with Crippen LogP contribution in [-0.2, 0) is 10.0 Å². The highest BCUT2D eigenvalue weighted by atomic mass is 35.5. The van der Waals surface area contributed by atoms with E-state index in [2.05, 4.69) is 9.71 Å². The Morgan fingerprint density at radius 1 is 1.00 bits per heavy atom. The number of hydrogen-bond donors (Lipinski definition) is 1. The van der Waals surface area contributed by atoms with Crippen molar-refractivity contribution >= 4 is 27.4 Å². The normalized spacial score (nSPS) is 10.6. The lowest BCUT2D eigenvalue weighted by molar-refractivity contribution is 0.479. The van der Waals surface area contributed by atoms with Gasteiger partial charge in [-0.25, -0.2) is 17.8 Å². The Morgan fingerprint density at radius 2 is 1.76 bits per heavy atom. The molecule has 0 spiro atoms. The molecule has 29 heavy (non-hydrogen) atoms. The van der Waals surface area contributed by atoms with Crippen LogP contribution in [-0.4, -0.2) is 13.4 Å². The van der Waals surface area contributed by atoms with Gasteiger partial charge in [-0.05, 0) is 42.5 Å². The first-order chi connectivity index (χ1) is 13.8. The molecule has 0 atom stereocenters. The number of aromatic nitrogens is 1. The third-order valence-corrected chi connectivity index (χ3v) is 5.22. The molecule has 0 unspecified atom stereocenters. The maximum Gasteiger partial charge on any atom is 0.263 e. The molecular formula is C19H10ClFN4O3S. The van der Waals surface area contributed by atoms with Gasteiger partial charge >= 0.3 is 0 Å². The van der Waals surface area contributed by atoms with Crippen LogP contribution in [0.1, 0.15) is 11.1 Å². The molecule has 3 rings (SSSR count). The van der Waals surface area contributed by atoms with Gasteiger partial charge in [-0.15, -0.1) is 0 Å². The highest BCUT2D eigenvalue weighted by Crippen LogP contribution is 2.31. The minimum absolute atomic E-state index is 0.0464. The molecule has 0 bridgehead atoms. The molecule has 1 heterocycles. The van der Waals surface area contributed by atoms with Crippen molar-refractivity contribution in [3.63, 3.8) is 0 Å². The van der Waals surface area contributed by atoms with Crippen molar-refractivity contribution in [2.24, 2.45) is 0 Å². The number of hydrogen-bond acceptors (Lipinski definition) is 6. The van der Waals surface area contributed by atoms with Gasteiger partial charge in [0.25, 0.3) is 10.0 Å². The molecule has 0 saturated heterocycles. The van der Waals surface area contributed by atoms with E-state index in [1.807, 2.05) is 12.1 Å². The van der Waals surface area contributed by atoms with Crippen LogP contribution < -0.4 is 9.46 Å². The van der Waals surface area contributed by atoms with Gasteiger partial charge in [0.15, 0.2) is 0 Å². The molecule has 0 radical (unpaired) electrons. The largest absolute Gasteiger partial charge is 0.455 e. The second-order valence-corrected chi connectivity index (χ2v) is 7.71. The van der Waals surface area contributed by atoms with E-state index in [1.165, 1.54) is 30.3 Å². The molecule has 0 aliphatic rings. The lowest BCUT2D eigenvalue weighted by Crippen LogP contribution is -2.14. The molecule has 3 aromatic rings. The number of nitrogens with zero attached hydrogens (tertiary/aromatic N) is 3. The summed E-state index contributed by atoms with van der Waals surface area (Å²) in [5.74, 6) is -0.521. The number of sulfonamides is 1. The molecule has 2 aromatic carbocycles. The molecule has 0 aliphatic carbocycles. The van der Waals surface area contributed by atoms with Gasteiger partial charge in [0, 0.05) is 11.1 Å². The van der Waals surface area contributed by atoms with Crippen LogP contribution in [0.15, 0.2) is 59.6 Å². The predicted octanol–water partition coefficient (Wildman–Crippen LogP) is 4.21. The maximum atomic E-state index is 12.9. The lowest BCUT2D eigenvalue weighted by atomic mass is 10.2. The number of halogens is 2. The number of nitriles is 2. The Kier molecular flexibility index (Phi) is 5.64. The van der Waals surface area contributed by atoms with Gasteiger partial charge in [0.05, 0.1) is 22.2 Å².